The number of fused-ring (bicyclic) bond motifs is 3. The Bertz CT molecular complexity index is 747. The number of hydrogen-bond acceptors (Lipinski definition) is 2. The largest absolute Gasteiger partial charge is 0.313 e. The van der Waals surface area contributed by atoms with Gasteiger partial charge in [0.1, 0.15) is 5.69 Å². The second-order valence-electron chi connectivity index (χ2n) is 4.81. The highest BCUT2D eigenvalue weighted by molar-refractivity contribution is 6.26. The molecule has 2 heterocycles. The third-order valence-electron chi connectivity index (χ3n) is 3.63. The van der Waals surface area contributed by atoms with Gasteiger partial charge in [0.05, 0.1) is 5.56 Å². The summed E-state index contributed by atoms with van der Waals surface area (Å²) in [6.07, 6.45) is 1.85. The van der Waals surface area contributed by atoms with E-state index < -0.39 is 0 Å². The molecular formula is C15H13NO2. The number of aromatic nitrogens is 1. The molecule has 3 nitrogen and oxygen atoms in total. The predicted molar refractivity (Wildman–Crippen MR) is 69.2 cm³/mol. The third kappa shape index (κ3) is 1.24. The van der Waals surface area contributed by atoms with Crippen LogP contribution in [0.5, 0.6) is 0 Å². The van der Waals surface area contributed by atoms with Gasteiger partial charge in [-0.15, -0.1) is 0 Å². The molecule has 18 heavy (non-hydrogen) atoms. The first-order valence-electron chi connectivity index (χ1n) is 5.89. The summed E-state index contributed by atoms with van der Waals surface area (Å²) in [6.45, 7) is 5.42. The zero-order chi connectivity index (χ0) is 13.0. The molecule has 90 valence electrons. The summed E-state index contributed by atoms with van der Waals surface area (Å²) in [5.74, 6) is -0.0885. The van der Waals surface area contributed by atoms with Crippen LogP contribution in [0.2, 0.25) is 0 Å². The summed E-state index contributed by atoms with van der Waals surface area (Å²) in [5.41, 5.74) is 4.13. The van der Waals surface area contributed by atoms with Crippen molar-refractivity contribution >= 4 is 17.1 Å². The number of rotatable bonds is 0. The smallest absolute Gasteiger partial charge is 0.206 e. The quantitative estimate of drug-likeness (QED) is 0.709. The summed E-state index contributed by atoms with van der Waals surface area (Å²) in [6, 6.07) is 5.72. The van der Waals surface area contributed by atoms with Gasteiger partial charge in [-0.1, -0.05) is 0 Å². The summed E-state index contributed by atoms with van der Waals surface area (Å²) in [5, 5.41) is 0. The van der Waals surface area contributed by atoms with Crippen LogP contribution in [0.25, 0.3) is 5.52 Å². The third-order valence-corrected chi connectivity index (χ3v) is 3.63. The van der Waals surface area contributed by atoms with Crippen LogP contribution < -0.4 is 0 Å². The molecule has 0 atom stereocenters. The van der Waals surface area contributed by atoms with E-state index in [0.29, 0.717) is 22.4 Å². The zero-order valence-electron chi connectivity index (χ0n) is 10.6. The Kier molecular flexibility index (Phi) is 2.08. The Labute approximate surface area is 105 Å². The van der Waals surface area contributed by atoms with Crippen LogP contribution in [-0.2, 0) is 0 Å². The van der Waals surface area contributed by atoms with Crippen molar-refractivity contribution in [3.05, 3.63) is 52.4 Å². The number of nitrogens with zero attached hydrogens (tertiary/aromatic N) is 1. The molecule has 0 spiro atoms. The van der Waals surface area contributed by atoms with Crippen molar-refractivity contribution in [2.45, 2.75) is 20.8 Å². The van der Waals surface area contributed by atoms with E-state index in [-0.39, 0.29) is 11.6 Å². The summed E-state index contributed by atoms with van der Waals surface area (Å²) >= 11 is 0. The van der Waals surface area contributed by atoms with Gasteiger partial charge in [-0.05, 0) is 44.5 Å². The molecule has 0 aliphatic heterocycles. The van der Waals surface area contributed by atoms with Gasteiger partial charge in [0.15, 0.2) is 5.78 Å². The molecule has 3 rings (SSSR count). The number of carbonyl (C=O) groups excluding carboxylic acids is 2. The van der Waals surface area contributed by atoms with Crippen LogP contribution in [-0.4, -0.2) is 16.0 Å². The first-order chi connectivity index (χ1) is 8.50. The maximum absolute atomic E-state index is 12.3. The van der Waals surface area contributed by atoms with Crippen molar-refractivity contribution in [2.75, 3.05) is 0 Å². The van der Waals surface area contributed by atoms with Crippen LogP contribution in [0, 0.1) is 6.92 Å². The van der Waals surface area contributed by atoms with Crippen LogP contribution in [0.3, 0.4) is 0 Å². The number of Topliss-reactive ketones (excluding diaryl/α,β-unsaturated/α-hetero) is 2. The van der Waals surface area contributed by atoms with E-state index in [4.69, 9.17) is 0 Å². The number of aryl methyl sites for hydroxylation is 1. The molecule has 0 saturated carbocycles. The number of carbonyl (C=O) groups is 2. The molecule has 0 amide bonds. The number of pyridine rings is 1. The molecule has 1 aliphatic rings. The SMILES string of the molecule is CC1=C(C)C(=O)c2c(cc3cc(C)ccn23)C1=O. The second kappa shape index (κ2) is 3.42. The minimum Gasteiger partial charge on any atom is -0.313 e. The summed E-state index contributed by atoms with van der Waals surface area (Å²) < 4.78 is 1.80. The lowest BCUT2D eigenvalue weighted by Crippen LogP contribution is -2.19. The maximum Gasteiger partial charge on any atom is 0.206 e. The minimum absolute atomic E-state index is 0.0385. The van der Waals surface area contributed by atoms with Crippen molar-refractivity contribution in [1.29, 1.82) is 0 Å². The second-order valence-corrected chi connectivity index (χ2v) is 4.81. The normalized spacial score (nSPS) is 15.5. The van der Waals surface area contributed by atoms with E-state index in [9.17, 15) is 9.59 Å². The molecule has 2 aromatic heterocycles. The van der Waals surface area contributed by atoms with Gasteiger partial charge >= 0.3 is 0 Å². The van der Waals surface area contributed by atoms with Crippen LogP contribution in [0.4, 0.5) is 0 Å². The number of allylic oxidation sites excluding steroid dienone is 2. The predicted octanol–water partition coefficient (Wildman–Crippen LogP) is 2.96. The Balaban J connectivity index is 2.41. The average molecular weight is 239 g/mol. The fourth-order valence-corrected chi connectivity index (χ4v) is 2.41. The molecule has 0 saturated heterocycles. The van der Waals surface area contributed by atoms with Crippen LogP contribution in [0.1, 0.15) is 40.3 Å². The van der Waals surface area contributed by atoms with Crippen molar-refractivity contribution in [1.82, 2.24) is 4.40 Å². The van der Waals surface area contributed by atoms with E-state index in [2.05, 4.69) is 0 Å². The van der Waals surface area contributed by atoms with Crippen molar-refractivity contribution in [2.24, 2.45) is 0 Å². The topological polar surface area (TPSA) is 38.5 Å². The van der Waals surface area contributed by atoms with Gasteiger partial charge in [0, 0.05) is 22.9 Å². The standard InChI is InChI=1S/C15H13NO2/c1-8-4-5-16-11(6-8)7-12-13(16)15(18)10(3)9(2)14(12)17/h4-7H,1-3H3. The maximum atomic E-state index is 12.3. The molecule has 3 heteroatoms. The lowest BCUT2D eigenvalue weighted by Gasteiger charge is -2.13. The van der Waals surface area contributed by atoms with E-state index in [1.807, 2.05) is 25.3 Å². The monoisotopic (exact) mass is 239 g/mol. The summed E-state index contributed by atoms with van der Waals surface area (Å²) in [7, 11) is 0. The highest BCUT2D eigenvalue weighted by atomic mass is 16.1. The molecule has 2 aromatic rings. The van der Waals surface area contributed by atoms with Gasteiger partial charge in [-0.25, -0.2) is 0 Å². The molecular weight excluding hydrogens is 226 g/mol. The van der Waals surface area contributed by atoms with Crippen LogP contribution >= 0.6 is 0 Å². The van der Waals surface area contributed by atoms with Gasteiger partial charge in [-0.2, -0.15) is 0 Å². The minimum atomic E-state index is -0.0500. The van der Waals surface area contributed by atoms with Crippen molar-refractivity contribution < 1.29 is 9.59 Å². The fourth-order valence-electron chi connectivity index (χ4n) is 2.41. The molecule has 0 bridgehead atoms. The Hall–Kier alpha value is -2.16. The lowest BCUT2D eigenvalue weighted by molar-refractivity contribution is 0.0971. The molecule has 0 N–H and O–H groups in total. The highest BCUT2D eigenvalue weighted by Crippen LogP contribution is 2.29. The van der Waals surface area contributed by atoms with E-state index in [1.165, 1.54) is 0 Å². The number of hydrogen-bond donors (Lipinski definition) is 0. The molecule has 0 aromatic carbocycles. The van der Waals surface area contributed by atoms with Crippen LogP contribution in [0.15, 0.2) is 35.5 Å². The average Bonchev–Trinajstić information content (AvgIpc) is 2.72. The molecule has 0 radical (unpaired) electrons. The molecule has 0 fully saturated rings. The molecule has 1 aliphatic carbocycles. The van der Waals surface area contributed by atoms with Gasteiger partial charge in [-0.3, -0.25) is 9.59 Å². The Morgan fingerprint density at radius 2 is 1.61 bits per heavy atom. The summed E-state index contributed by atoms with van der Waals surface area (Å²) in [4.78, 5) is 24.5. The van der Waals surface area contributed by atoms with Crippen molar-refractivity contribution in [3.8, 4) is 0 Å². The molecule has 0 unspecified atom stereocenters. The van der Waals surface area contributed by atoms with Gasteiger partial charge in [0.2, 0.25) is 5.78 Å². The zero-order valence-corrected chi connectivity index (χ0v) is 10.6. The van der Waals surface area contributed by atoms with E-state index >= 15 is 0 Å². The van der Waals surface area contributed by atoms with Gasteiger partial charge in [0.25, 0.3) is 0 Å². The first kappa shape index (κ1) is 11.0. The number of ketones is 2. The van der Waals surface area contributed by atoms with E-state index in [1.54, 1.807) is 24.3 Å². The highest BCUT2D eigenvalue weighted by Gasteiger charge is 2.30. The van der Waals surface area contributed by atoms with Crippen molar-refractivity contribution in [3.63, 3.8) is 0 Å². The first-order valence-corrected chi connectivity index (χ1v) is 5.89. The van der Waals surface area contributed by atoms with Gasteiger partial charge < -0.3 is 4.40 Å². The Morgan fingerprint density at radius 1 is 0.944 bits per heavy atom. The lowest BCUT2D eigenvalue weighted by atomic mass is 9.90. The fraction of sp³-hybridized carbons (Fsp3) is 0.200. The van der Waals surface area contributed by atoms with E-state index in [0.717, 1.165) is 11.1 Å². The Morgan fingerprint density at radius 3 is 2.33 bits per heavy atom.